The van der Waals surface area contributed by atoms with E-state index in [0.29, 0.717) is 5.96 Å². The monoisotopic (exact) mass is 373 g/mol. The van der Waals surface area contributed by atoms with Crippen LogP contribution in [0.15, 0.2) is 21.1 Å². The van der Waals surface area contributed by atoms with Crippen molar-refractivity contribution in [3.05, 3.63) is 26.6 Å². The molecule has 1 aliphatic heterocycles. The maximum Gasteiger partial charge on any atom is 0.195 e. The molecule has 98 valence electrons. The molecule has 0 aliphatic carbocycles. The van der Waals surface area contributed by atoms with Gasteiger partial charge in [0.05, 0.1) is 10.2 Å². The normalized spacial score (nSPS) is 16.1. The van der Waals surface area contributed by atoms with Crippen LogP contribution in [0.4, 0.5) is 5.69 Å². The fraction of sp³-hybridized carbons (Fsp3) is 0.462. The summed E-state index contributed by atoms with van der Waals surface area (Å²) in [6, 6.07) is 4.30. The number of nitrogens with one attached hydrogen (secondary N) is 2. The van der Waals surface area contributed by atoms with Crippen LogP contribution >= 0.6 is 31.9 Å². The molecule has 1 aromatic rings. The standard InChI is InChI=1S/C13H17Br2N3/c1-13(2,3)8-6-9(14)11(15)10(7-8)18-5-4-17-12(18)16/h6-7H,4-5H2,1-3H3,(H2,16,17). The lowest BCUT2D eigenvalue weighted by atomic mass is 9.87. The van der Waals surface area contributed by atoms with Gasteiger partial charge in [0, 0.05) is 17.6 Å². The van der Waals surface area contributed by atoms with Crippen LogP contribution in [-0.4, -0.2) is 19.0 Å². The highest BCUT2D eigenvalue weighted by molar-refractivity contribution is 9.13. The number of hydrogen-bond donors (Lipinski definition) is 2. The van der Waals surface area contributed by atoms with Crippen LogP contribution in [-0.2, 0) is 5.41 Å². The van der Waals surface area contributed by atoms with Gasteiger partial charge in [0.1, 0.15) is 0 Å². The predicted octanol–water partition coefficient (Wildman–Crippen LogP) is 3.85. The number of hydrogen-bond acceptors (Lipinski definition) is 1. The molecule has 0 spiro atoms. The first-order valence-corrected chi connectivity index (χ1v) is 7.49. The molecular formula is C13H17Br2N3. The maximum absolute atomic E-state index is 7.92. The largest absolute Gasteiger partial charge is 0.354 e. The van der Waals surface area contributed by atoms with Gasteiger partial charge in [0.2, 0.25) is 0 Å². The fourth-order valence-electron chi connectivity index (χ4n) is 1.94. The Morgan fingerprint density at radius 2 is 1.94 bits per heavy atom. The van der Waals surface area contributed by atoms with Crippen molar-refractivity contribution in [1.29, 1.82) is 5.41 Å². The Bertz CT molecular complexity index is 492. The molecule has 0 aromatic heterocycles. The zero-order chi connectivity index (χ0) is 13.5. The van der Waals surface area contributed by atoms with E-state index in [1.165, 1.54) is 5.56 Å². The molecule has 1 aliphatic rings. The lowest BCUT2D eigenvalue weighted by Gasteiger charge is -2.25. The molecule has 2 N–H and O–H groups in total. The average molecular weight is 375 g/mol. The van der Waals surface area contributed by atoms with Crippen LogP contribution in [0, 0.1) is 5.41 Å². The highest BCUT2D eigenvalue weighted by atomic mass is 79.9. The van der Waals surface area contributed by atoms with E-state index >= 15 is 0 Å². The van der Waals surface area contributed by atoms with E-state index in [1.54, 1.807) is 0 Å². The van der Waals surface area contributed by atoms with Crippen molar-refractivity contribution in [1.82, 2.24) is 5.32 Å². The molecule has 0 radical (unpaired) electrons. The number of guanidine groups is 1. The SMILES string of the molecule is CC(C)(C)c1cc(Br)c(Br)c(N2CCNC2=N)c1. The molecule has 0 amide bonds. The first-order valence-electron chi connectivity index (χ1n) is 5.90. The minimum absolute atomic E-state index is 0.0906. The molecule has 0 atom stereocenters. The summed E-state index contributed by atoms with van der Waals surface area (Å²) in [6.45, 7) is 8.24. The molecule has 18 heavy (non-hydrogen) atoms. The molecule has 1 aromatic carbocycles. The number of anilines is 1. The number of rotatable bonds is 1. The summed E-state index contributed by atoms with van der Waals surface area (Å²) in [4.78, 5) is 1.99. The van der Waals surface area contributed by atoms with Crippen molar-refractivity contribution >= 4 is 43.5 Å². The maximum atomic E-state index is 7.92. The van der Waals surface area contributed by atoms with Gasteiger partial charge in [-0.05, 0) is 55.0 Å². The fourth-order valence-corrected chi connectivity index (χ4v) is 2.83. The van der Waals surface area contributed by atoms with E-state index in [1.807, 2.05) is 4.90 Å². The van der Waals surface area contributed by atoms with E-state index in [9.17, 15) is 0 Å². The van der Waals surface area contributed by atoms with E-state index in [2.05, 4.69) is 70.1 Å². The molecule has 5 heteroatoms. The Kier molecular flexibility index (Phi) is 3.74. The van der Waals surface area contributed by atoms with Crippen LogP contribution < -0.4 is 10.2 Å². The second kappa shape index (κ2) is 4.85. The smallest absolute Gasteiger partial charge is 0.195 e. The van der Waals surface area contributed by atoms with Crippen molar-refractivity contribution in [2.24, 2.45) is 0 Å². The Hall–Kier alpha value is -0.550. The Labute approximate surface area is 125 Å². The third-order valence-electron chi connectivity index (χ3n) is 3.06. The van der Waals surface area contributed by atoms with Crippen LogP contribution in [0.1, 0.15) is 26.3 Å². The van der Waals surface area contributed by atoms with Gasteiger partial charge in [0.25, 0.3) is 0 Å². The van der Waals surface area contributed by atoms with Gasteiger partial charge < -0.3 is 10.2 Å². The Morgan fingerprint density at radius 3 is 2.44 bits per heavy atom. The topological polar surface area (TPSA) is 39.1 Å². The minimum atomic E-state index is 0.0906. The third-order valence-corrected chi connectivity index (χ3v) is 5.05. The van der Waals surface area contributed by atoms with E-state index in [4.69, 9.17) is 5.41 Å². The second-order valence-corrected chi connectivity index (χ2v) is 7.12. The van der Waals surface area contributed by atoms with Crippen molar-refractivity contribution in [3.8, 4) is 0 Å². The zero-order valence-electron chi connectivity index (χ0n) is 10.8. The molecule has 1 heterocycles. The summed E-state index contributed by atoms with van der Waals surface area (Å²) in [5.74, 6) is 0.466. The molecule has 0 saturated carbocycles. The number of halogens is 2. The Balaban J connectivity index is 2.52. The van der Waals surface area contributed by atoms with Crippen LogP contribution in [0.25, 0.3) is 0 Å². The molecule has 3 nitrogen and oxygen atoms in total. The minimum Gasteiger partial charge on any atom is -0.354 e. The number of nitrogens with zero attached hydrogens (tertiary/aromatic N) is 1. The number of benzene rings is 1. The quantitative estimate of drug-likeness (QED) is 0.783. The highest BCUT2D eigenvalue weighted by Gasteiger charge is 2.24. The predicted molar refractivity (Wildman–Crippen MR) is 83.6 cm³/mol. The van der Waals surface area contributed by atoms with Crippen LogP contribution in [0.3, 0.4) is 0 Å². The van der Waals surface area contributed by atoms with Gasteiger partial charge in [-0.1, -0.05) is 20.8 Å². The van der Waals surface area contributed by atoms with Gasteiger partial charge >= 0.3 is 0 Å². The van der Waals surface area contributed by atoms with E-state index < -0.39 is 0 Å². The highest BCUT2D eigenvalue weighted by Crippen LogP contribution is 2.38. The van der Waals surface area contributed by atoms with Crippen molar-refractivity contribution in [2.75, 3.05) is 18.0 Å². The Morgan fingerprint density at radius 1 is 1.28 bits per heavy atom. The van der Waals surface area contributed by atoms with Crippen LogP contribution in [0.5, 0.6) is 0 Å². The summed E-state index contributed by atoms with van der Waals surface area (Å²) in [5, 5.41) is 11.0. The summed E-state index contributed by atoms with van der Waals surface area (Å²) in [6.07, 6.45) is 0. The van der Waals surface area contributed by atoms with Gasteiger partial charge in [0.15, 0.2) is 5.96 Å². The first-order chi connectivity index (χ1) is 8.30. The van der Waals surface area contributed by atoms with Gasteiger partial charge in [-0.25, -0.2) is 0 Å². The summed E-state index contributed by atoms with van der Waals surface area (Å²) < 4.78 is 2.04. The zero-order valence-corrected chi connectivity index (χ0v) is 13.9. The molecule has 0 unspecified atom stereocenters. The van der Waals surface area contributed by atoms with Gasteiger partial charge in [-0.15, -0.1) is 0 Å². The first kappa shape index (κ1) is 13.9. The van der Waals surface area contributed by atoms with E-state index in [0.717, 1.165) is 27.7 Å². The molecule has 1 fully saturated rings. The lowest BCUT2D eigenvalue weighted by Crippen LogP contribution is -2.29. The molecule has 0 bridgehead atoms. The van der Waals surface area contributed by atoms with Gasteiger partial charge in [-0.2, -0.15) is 0 Å². The second-order valence-electron chi connectivity index (χ2n) is 5.47. The molecule has 1 saturated heterocycles. The van der Waals surface area contributed by atoms with E-state index in [-0.39, 0.29) is 5.41 Å². The summed E-state index contributed by atoms with van der Waals surface area (Å²) >= 11 is 7.20. The van der Waals surface area contributed by atoms with Crippen molar-refractivity contribution in [2.45, 2.75) is 26.2 Å². The summed E-state index contributed by atoms with van der Waals surface area (Å²) in [7, 11) is 0. The third kappa shape index (κ3) is 2.57. The van der Waals surface area contributed by atoms with Gasteiger partial charge in [-0.3, -0.25) is 5.41 Å². The lowest BCUT2D eigenvalue weighted by molar-refractivity contribution is 0.589. The van der Waals surface area contributed by atoms with Crippen molar-refractivity contribution in [3.63, 3.8) is 0 Å². The molecular weight excluding hydrogens is 358 g/mol. The van der Waals surface area contributed by atoms with Crippen LogP contribution in [0.2, 0.25) is 0 Å². The average Bonchev–Trinajstić information content (AvgIpc) is 2.67. The molecule has 2 rings (SSSR count). The summed E-state index contributed by atoms with van der Waals surface area (Å²) in [5.41, 5.74) is 2.39. The van der Waals surface area contributed by atoms with Crippen molar-refractivity contribution < 1.29 is 0 Å².